The molecule has 1 unspecified atom stereocenters. The number of carbonyl (C=O) groups excluding carboxylic acids is 2. The van der Waals surface area contributed by atoms with E-state index in [0.29, 0.717) is 25.1 Å². The molecule has 0 radical (unpaired) electrons. The second-order valence-electron chi connectivity index (χ2n) is 8.37. The Hall–Kier alpha value is -1.52. The van der Waals surface area contributed by atoms with Gasteiger partial charge in [-0.25, -0.2) is 4.79 Å². The summed E-state index contributed by atoms with van der Waals surface area (Å²) in [6.07, 6.45) is 2.75. The van der Waals surface area contributed by atoms with E-state index in [2.05, 4.69) is 0 Å². The largest absolute Gasteiger partial charge is 0.515 e. The lowest BCUT2D eigenvalue weighted by molar-refractivity contribution is -0.127. The number of aliphatic hydroxyl groups excluding tert-OH is 1. The van der Waals surface area contributed by atoms with Gasteiger partial charge in [0.15, 0.2) is 5.78 Å². The van der Waals surface area contributed by atoms with E-state index in [1.807, 2.05) is 34.6 Å². The summed E-state index contributed by atoms with van der Waals surface area (Å²) in [7, 11) is 0. The van der Waals surface area contributed by atoms with Crippen LogP contribution in [0.1, 0.15) is 53.9 Å². The van der Waals surface area contributed by atoms with Crippen LogP contribution in [0.25, 0.3) is 0 Å². The van der Waals surface area contributed by atoms with Gasteiger partial charge < -0.3 is 14.7 Å². The number of carbonyl (C=O) groups is 2. The Bertz CT molecular complexity index is 515. The first kappa shape index (κ1) is 16.8. The number of allylic oxidation sites excluding steroid dienone is 1. The fourth-order valence-electron chi connectivity index (χ4n) is 3.81. The van der Waals surface area contributed by atoms with Crippen molar-refractivity contribution in [3.63, 3.8) is 0 Å². The molecule has 1 saturated heterocycles. The quantitative estimate of drug-likeness (QED) is 0.550. The van der Waals surface area contributed by atoms with Gasteiger partial charge in [0, 0.05) is 24.1 Å². The molecule has 1 atom stereocenters. The Morgan fingerprint density at radius 2 is 2.00 bits per heavy atom. The topological polar surface area (TPSA) is 66.8 Å². The third-order valence-electron chi connectivity index (χ3n) is 4.53. The highest BCUT2D eigenvalue weighted by atomic mass is 16.6. The molecule has 1 aliphatic heterocycles. The Morgan fingerprint density at radius 1 is 1.36 bits per heavy atom. The smallest absolute Gasteiger partial charge is 0.410 e. The minimum atomic E-state index is -0.509. The summed E-state index contributed by atoms with van der Waals surface area (Å²) in [6, 6.07) is 0. The van der Waals surface area contributed by atoms with Gasteiger partial charge in [0.2, 0.25) is 0 Å². The highest BCUT2D eigenvalue weighted by molar-refractivity contribution is 6.00. The molecule has 1 saturated carbocycles. The maximum absolute atomic E-state index is 12.3. The van der Waals surface area contributed by atoms with Crippen molar-refractivity contribution >= 4 is 11.9 Å². The number of hydrogen-bond acceptors (Lipinski definition) is 4. The van der Waals surface area contributed by atoms with Gasteiger partial charge in [-0.3, -0.25) is 4.79 Å². The van der Waals surface area contributed by atoms with Crippen LogP contribution >= 0.6 is 0 Å². The number of rotatable bonds is 0. The minimum Gasteiger partial charge on any atom is -0.515 e. The van der Waals surface area contributed by atoms with Crippen LogP contribution in [0.15, 0.2) is 11.8 Å². The average molecular weight is 309 g/mol. The van der Waals surface area contributed by atoms with Crippen molar-refractivity contribution in [3.05, 3.63) is 11.8 Å². The lowest BCUT2D eigenvalue weighted by Gasteiger charge is -2.42. The lowest BCUT2D eigenvalue weighted by atomic mass is 9.61. The summed E-state index contributed by atoms with van der Waals surface area (Å²) in [5.74, 6) is 0.0105. The van der Waals surface area contributed by atoms with Crippen LogP contribution in [0, 0.1) is 10.8 Å². The zero-order chi connectivity index (χ0) is 16.8. The van der Waals surface area contributed by atoms with E-state index in [4.69, 9.17) is 4.74 Å². The molecule has 0 aromatic heterocycles. The predicted molar refractivity (Wildman–Crippen MR) is 83.6 cm³/mol. The highest BCUT2D eigenvalue weighted by Gasteiger charge is 2.51. The number of aliphatic hydroxyl groups is 1. The summed E-state index contributed by atoms with van der Waals surface area (Å²) in [4.78, 5) is 26.3. The van der Waals surface area contributed by atoms with Crippen molar-refractivity contribution in [1.29, 1.82) is 0 Å². The van der Waals surface area contributed by atoms with Gasteiger partial charge >= 0.3 is 6.09 Å². The predicted octanol–water partition coefficient (Wildman–Crippen LogP) is 3.44. The molecule has 1 heterocycles. The van der Waals surface area contributed by atoms with Crippen LogP contribution in [-0.4, -0.2) is 40.6 Å². The number of ether oxygens (including phenoxy) is 1. The van der Waals surface area contributed by atoms with Crippen molar-refractivity contribution in [3.8, 4) is 0 Å². The zero-order valence-electron chi connectivity index (χ0n) is 14.2. The zero-order valence-corrected chi connectivity index (χ0v) is 14.2. The summed E-state index contributed by atoms with van der Waals surface area (Å²) in [5, 5.41) is 9.38. The molecule has 5 nitrogen and oxygen atoms in total. The molecule has 124 valence electrons. The second-order valence-corrected chi connectivity index (χ2v) is 8.37. The van der Waals surface area contributed by atoms with Gasteiger partial charge in [0.05, 0.1) is 6.26 Å². The van der Waals surface area contributed by atoms with Gasteiger partial charge in [0.25, 0.3) is 0 Å². The third kappa shape index (κ3) is 3.28. The molecular weight excluding hydrogens is 282 g/mol. The number of hydrogen-bond donors (Lipinski definition) is 1. The van der Waals surface area contributed by atoms with Crippen LogP contribution in [0.4, 0.5) is 4.79 Å². The number of amides is 1. The van der Waals surface area contributed by atoms with E-state index < -0.39 is 11.0 Å². The fraction of sp³-hybridized carbons (Fsp3) is 0.765. The van der Waals surface area contributed by atoms with Gasteiger partial charge in [-0.15, -0.1) is 0 Å². The van der Waals surface area contributed by atoms with E-state index in [1.54, 1.807) is 4.90 Å². The van der Waals surface area contributed by atoms with Crippen LogP contribution in [-0.2, 0) is 9.53 Å². The number of ketones is 1. The van der Waals surface area contributed by atoms with E-state index >= 15 is 0 Å². The van der Waals surface area contributed by atoms with Gasteiger partial charge in [0.1, 0.15) is 5.60 Å². The standard InChI is InChI=1S/C17H27NO4/c1-15(2,3)22-14(21)18-7-6-17(11-18)8-12(9-19)13(20)16(4,5)10-17/h9,19H,6-8,10-11H2,1-5H3. The molecule has 2 fully saturated rings. The summed E-state index contributed by atoms with van der Waals surface area (Å²) in [5.41, 5.74) is -0.674. The summed E-state index contributed by atoms with van der Waals surface area (Å²) in [6.45, 7) is 10.6. The highest BCUT2D eigenvalue weighted by Crippen LogP contribution is 2.51. The van der Waals surface area contributed by atoms with Crippen molar-refractivity contribution in [2.45, 2.75) is 59.5 Å². The molecule has 1 spiro atoms. The number of Topliss-reactive ketones (excluding diaryl/α,β-unsaturated/α-hetero) is 1. The second kappa shape index (κ2) is 5.28. The molecule has 5 heteroatoms. The van der Waals surface area contributed by atoms with E-state index in [-0.39, 0.29) is 17.3 Å². The minimum absolute atomic E-state index is 0.0105. The summed E-state index contributed by atoms with van der Waals surface area (Å²) >= 11 is 0. The van der Waals surface area contributed by atoms with Crippen LogP contribution in [0.2, 0.25) is 0 Å². The molecule has 2 rings (SSSR count). The van der Waals surface area contributed by atoms with Gasteiger partial charge in [-0.2, -0.15) is 0 Å². The van der Waals surface area contributed by atoms with E-state index in [1.165, 1.54) is 0 Å². The van der Waals surface area contributed by atoms with Crippen molar-refractivity contribution in [1.82, 2.24) is 4.90 Å². The first-order valence-corrected chi connectivity index (χ1v) is 7.84. The van der Waals surface area contributed by atoms with Crippen molar-refractivity contribution in [2.24, 2.45) is 10.8 Å². The molecule has 1 aliphatic carbocycles. The van der Waals surface area contributed by atoms with Crippen LogP contribution in [0.3, 0.4) is 0 Å². The van der Waals surface area contributed by atoms with Crippen molar-refractivity contribution in [2.75, 3.05) is 13.1 Å². The average Bonchev–Trinajstić information content (AvgIpc) is 2.75. The van der Waals surface area contributed by atoms with E-state index in [0.717, 1.165) is 19.1 Å². The van der Waals surface area contributed by atoms with E-state index in [9.17, 15) is 14.7 Å². The Morgan fingerprint density at radius 3 is 2.55 bits per heavy atom. The molecule has 0 aromatic carbocycles. The lowest BCUT2D eigenvalue weighted by Crippen LogP contribution is -2.43. The van der Waals surface area contributed by atoms with Gasteiger partial charge in [-0.1, -0.05) is 13.8 Å². The normalized spacial score (nSPS) is 30.1. The Balaban J connectivity index is 2.14. The molecule has 0 bridgehead atoms. The molecule has 22 heavy (non-hydrogen) atoms. The Kier molecular flexibility index (Phi) is 4.05. The molecular formula is C17H27NO4. The van der Waals surface area contributed by atoms with Gasteiger partial charge in [-0.05, 0) is 45.4 Å². The SMILES string of the molecule is CC(C)(C)OC(=O)N1CCC2(CC(=CO)C(=O)C(C)(C)C2)C1. The Labute approximate surface area is 132 Å². The molecule has 1 N–H and O–H groups in total. The fourth-order valence-corrected chi connectivity index (χ4v) is 3.81. The summed E-state index contributed by atoms with van der Waals surface area (Å²) < 4.78 is 5.44. The van der Waals surface area contributed by atoms with Crippen LogP contribution < -0.4 is 0 Å². The number of nitrogens with zero attached hydrogens (tertiary/aromatic N) is 1. The number of likely N-dealkylation sites (tertiary alicyclic amines) is 1. The molecule has 0 aromatic rings. The first-order valence-electron chi connectivity index (χ1n) is 7.84. The molecule has 1 amide bonds. The maximum atomic E-state index is 12.3. The first-order chi connectivity index (χ1) is 9.98. The molecule has 2 aliphatic rings. The van der Waals surface area contributed by atoms with Crippen LogP contribution in [0.5, 0.6) is 0 Å². The monoisotopic (exact) mass is 309 g/mol. The maximum Gasteiger partial charge on any atom is 0.410 e. The third-order valence-corrected chi connectivity index (χ3v) is 4.53. The van der Waals surface area contributed by atoms with Crippen molar-refractivity contribution < 1.29 is 19.4 Å².